The minimum atomic E-state index is 0.341. The molecule has 3 heterocycles. The van der Waals surface area contributed by atoms with E-state index in [9.17, 15) is 0 Å². The minimum absolute atomic E-state index is 0.341. The van der Waals surface area contributed by atoms with Gasteiger partial charge in [-0.25, -0.2) is 0 Å². The van der Waals surface area contributed by atoms with Crippen molar-refractivity contribution < 1.29 is 4.74 Å². The molecule has 0 radical (unpaired) electrons. The average molecular weight is 280 g/mol. The lowest BCUT2D eigenvalue weighted by molar-refractivity contribution is 0.358. The molecule has 0 aliphatic carbocycles. The van der Waals surface area contributed by atoms with Crippen molar-refractivity contribution in [3.05, 3.63) is 41.9 Å². The molecule has 0 fully saturated rings. The molecule has 0 atom stereocenters. The first-order valence-corrected chi connectivity index (χ1v) is 7.20. The first-order chi connectivity index (χ1) is 10.2. The van der Waals surface area contributed by atoms with Crippen LogP contribution in [0.5, 0.6) is 5.75 Å². The molecule has 0 bridgehead atoms. The van der Waals surface area contributed by atoms with Crippen LogP contribution in [0.25, 0.3) is 16.8 Å². The van der Waals surface area contributed by atoms with Gasteiger partial charge in [0.2, 0.25) is 0 Å². The Morgan fingerprint density at radius 1 is 1.24 bits per heavy atom. The third kappa shape index (κ3) is 1.88. The maximum atomic E-state index is 5.83. The molecule has 0 spiro atoms. The largest absolute Gasteiger partial charge is 0.492 e. The van der Waals surface area contributed by atoms with Crippen LogP contribution < -0.4 is 4.74 Å². The van der Waals surface area contributed by atoms with E-state index in [0.717, 1.165) is 41.2 Å². The van der Waals surface area contributed by atoms with Crippen LogP contribution in [0.2, 0.25) is 0 Å². The quantitative estimate of drug-likeness (QED) is 0.724. The van der Waals surface area contributed by atoms with Gasteiger partial charge in [-0.1, -0.05) is 32.0 Å². The summed E-state index contributed by atoms with van der Waals surface area (Å²) in [6.07, 6.45) is 2.61. The Kier molecular flexibility index (Phi) is 2.67. The fourth-order valence-corrected chi connectivity index (χ4v) is 2.75. The molecule has 0 N–H and O–H groups in total. The molecule has 21 heavy (non-hydrogen) atoms. The number of rotatable bonds is 2. The molecular formula is C16H16N4O. The van der Waals surface area contributed by atoms with Crippen molar-refractivity contribution in [2.24, 2.45) is 0 Å². The SMILES string of the molecule is CC(C)c1cc(-c2cccc3c2OCC3)c2nncn2n1. The molecule has 4 rings (SSSR count). The van der Waals surface area contributed by atoms with Gasteiger partial charge in [0.1, 0.15) is 12.1 Å². The number of fused-ring (bicyclic) bond motifs is 2. The van der Waals surface area contributed by atoms with Crippen LogP contribution in [-0.2, 0) is 6.42 Å². The van der Waals surface area contributed by atoms with Gasteiger partial charge < -0.3 is 4.74 Å². The van der Waals surface area contributed by atoms with Gasteiger partial charge >= 0.3 is 0 Å². The second-order valence-corrected chi connectivity index (χ2v) is 5.63. The predicted octanol–water partition coefficient (Wildman–Crippen LogP) is 2.85. The maximum Gasteiger partial charge on any atom is 0.185 e. The topological polar surface area (TPSA) is 52.3 Å². The fraction of sp³-hybridized carbons (Fsp3) is 0.312. The lowest BCUT2D eigenvalue weighted by atomic mass is 10.00. The predicted molar refractivity (Wildman–Crippen MR) is 79.5 cm³/mol. The summed E-state index contributed by atoms with van der Waals surface area (Å²) < 4.78 is 7.58. The summed E-state index contributed by atoms with van der Waals surface area (Å²) in [6, 6.07) is 8.38. The lowest BCUT2D eigenvalue weighted by Gasteiger charge is -2.12. The van der Waals surface area contributed by atoms with Crippen LogP contribution in [0.1, 0.15) is 31.0 Å². The molecule has 0 saturated carbocycles. The number of ether oxygens (including phenoxy) is 1. The molecule has 0 unspecified atom stereocenters. The molecule has 0 amide bonds. The van der Waals surface area contributed by atoms with Crippen LogP contribution in [0.4, 0.5) is 0 Å². The minimum Gasteiger partial charge on any atom is -0.492 e. The second kappa shape index (κ2) is 4.55. The van der Waals surface area contributed by atoms with E-state index in [1.54, 1.807) is 10.8 Å². The molecule has 1 aliphatic heterocycles. The van der Waals surface area contributed by atoms with Crippen molar-refractivity contribution in [2.75, 3.05) is 6.61 Å². The Balaban J connectivity index is 2.02. The summed E-state index contributed by atoms with van der Waals surface area (Å²) >= 11 is 0. The normalized spacial score (nSPS) is 13.7. The number of benzene rings is 1. The summed E-state index contributed by atoms with van der Waals surface area (Å²) in [5.41, 5.74) is 5.15. The summed E-state index contributed by atoms with van der Waals surface area (Å²) in [5.74, 6) is 1.32. The zero-order valence-corrected chi connectivity index (χ0v) is 12.1. The highest BCUT2D eigenvalue weighted by molar-refractivity contribution is 5.82. The van der Waals surface area contributed by atoms with Crippen LogP contribution >= 0.6 is 0 Å². The van der Waals surface area contributed by atoms with Crippen LogP contribution in [0.3, 0.4) is 0 Å². The van der Waals surface area contributed by atoms with Gasteiger partial charge in [-0.05, 0) is 17.5 Å². The highest BCUT2D eigenvalue weighted by Gasteiger charge is 2.20. The second-order valence-electron chi connectivity index (χ2n) is 5.63. The van der Waals surface area contributed by atoms with Crippen molar-refractivity contribution in [1.29, 1.82) is 0 Å². The molecule has 106 valence electrons. The van der Waals surface area contributed by atoms with Crippen LogP contribution in [-0.4, -0.2) is 26.4 Å². The van der Waals surface area contributed by atoms with E-state index >= 15 is 0 Å². The molecule has 2 aromatic heterocycles. The fourth-order valence-electron chi connectivity index (χ4n) is 2.75. The average Bonchev–Trinajstić information content (AvgIpc) is 3.14. The van der Waals surface area contributed by atoms with E-state index in [1.807, 2.05) is 0 Å². The van der Waals surface area contributed by atoms with Gasteiger partial charge in [0.25, 0.3) is 0 Å². The lowest BCUT2D eigenvalue weighted by Crippen LogP contribution is -2.02. The van der Waals surface area contributed by atoms with Crippen molar-refractivity contribution in [3.8, 4) is 16.9 Å². The molecule has 1 aliphatic rings. The number of hydrogen-bond acceptors (Lipinski definition) is 4. The van der Waals surface area contributed by atoms with Gasteiger partial charge in [-0.3, -0.25) is 0 Å². The third-order valence-electron chi connectivity index (χ3n) is 3.88. The summed E-state index contributed by atoms with van der Waals surface area (Å²) in [5, 5.41) is 12.8. The summed E-state index contributed by atoms with van der Waals surface area (Å²) in [4.78, 5) is 0. The van der Waals surface area contributed by atoms with Crippen molar-refractivity contribution >= 4 is 5.65 Å². The van der Waals surface area contributed by atoms with Crippen molar-refractivity contribution in [2.45, 2.75) is 26.2 Å². The van der Waals surface area contributed by atoms with E-state index in [0.29, 0.717) is 5.92 Å². The molecule has 3 aromatic rings. The van der Waals surface area contributed by atoms with Crippen molar-refractivity contribution in [1.82, 2.24) is 19.8 Å². The first kappa shape index (κ1) is 12.3. The van der Waals surface area contributed by atoms with E-state index < -0.39 is 0 Å². The molecule has 1 aromatic carbocycles. The van der Waals surface area contributed by atoms with E-state index in [2.05, 4.69) is 53.4 Å². The zero-order valence-electron chi connectivity index (χ0n) is 12.1. The van der Waals surface area contributed by atoms with Crippen LogP contribution in [0, 0.1) is 0 Å². The molecular weight excluding hydrogens is 264 g/mol. The summed E-state index contributed by atoms with van der Waals surface area (Å²) in [7, 11) is 0. The Bertz CT molecular complexity index is 822. The standard InChI is InChI=1S/C16H16N4O/c1-10(2)14-8-13(16-18-17-9-20(16)19-14)12-5-3-4-11-6-7-21-15(11)12/h3-5,8-10H,6-7H2,1-2H3. The smallest absolute Gasteiger partial charge is 0.185 e. The monoisotopic (exact) mass is 280 g/mol. The Morgan fingerprint density at radius 2 is 2.14 bits per heavy atom. The zero-order chi connectivity index (χ0) is 14.4. The number of hydrogen-bond donors (Lipinski definition) is 0. The Hall–Kier alpha value is -2.43. The van der Waals surface area contributed by atoms with Crippen molar-refractivity contribution in [3.63, 3.8) is 0 Å². The maximum absolute atomic E-state index is 5.83. The summed E-state index contributed by atoms with van der Waals surface area (Å²) in [6.45, 7) is 5.01. The highest BCUT2D eigenvalue weighted by Crippen LogP contribution is 2.38. The van der Waals surface area contributed by atoms with Gasteiger partial charge in [0, 0.05) is 17.5 Å². The van der Waals surface area contributed by atoms with E-state index in [4.69, 9.17) is 4.74 Å². The molecule has 0 saturated heterocycles. The Morgan fingerprint density at radius 3 is 3.00 bits per heavy atom. The Labute approximate surface area is 122 Å². The van der Waals surface area contributed by atoms with E-state index in [-0.39, 0.29) is 0 Å². The highest BCUT2D eigenvalue weighted by atomic mass is 16.5. The van der Waals surface area contributed by atoms with Gasteiger partial charge in [0.05, 0.1) is 12.3 Å². The third-order valence-corrected chi connectivity index (χ3v) is 3.88. The first-order valence-electron chi connectivity index (χ1n) is 7.20. The molecule has 5 nitrogen and oxygen atoms in total. The number of para-hydroxylation sites is 1. The van der Waals surface area contributed by atoms with Gasteiger partial charge in [0.15, 0.2) is 5.65 Å². The van der Waals surface area contributed by atoms with E-state index in [1.165, 1.54) is 5.56 Å². The van der Waals surface area contributed by atoms with Crippen LogP contribution in [0.15, 0.2) is 30.6 Å². The van der Waals surface area contributed by atoms with Gasteiger partial charge in [-0.15, -0.1) is 10.2 Å². The number of aromatic nitrogens is 4. The number of nitrogens with zero attached hydrogens (tertiary/aromatic N) is 4. The molecule has 5 heteroatoms. The van der Waals surface area contributed by atoms with Gasteiger partial charge in [-0.2, -0.15) is 9.61 Å².